The van der Waals surface area contributed by atoms with Crippen molar-refractivity contribution in [1.29, 1.82) is 0 Å². The molecule has 1 N–H and O–H groups in total. The first-order valence-electron chi connectivity index (χ1n) is 4.25. The first kappa shape index (κ1) is 8.87. The molecule has 14 heavy (non-hydrogen) atoms. The number of imidazole rings is 1. The summed E-state index contributed by atoms with van der Waals surface area (Å²) in [6.07, 6.45) is 0. The lowest BCUT2D eigenvalue weighted by Gasteiger charge is -1.98. The Morgan fingerprint density at radius 1 is 1.50 bits per heavy atom. The quantitative estimate of drug-likeness (QED) is 0.704. The first-order valence-corrected chi connectivity index (χ1v) is 4.25. The van der Waals surface area contributed by atoms with Gasteiger partial charge < -0.3 is 4.98 Å². The van der Waals surface area contributed by atoms with Crippen LogP contribution < -0.4 is 0 Å². The maximum absolute atomic E-state index is 13.3. The third kappa shape index (κ3) is 1.19. The average Bonchev–Trinajstić information content (AvgIpc) is 2.43. The molecule has 0 bridgehead atoms. The SMILES string of the molecule is CC(=O)c1c(F)ccc2[nH]c(C)nc12. The van der Waals surface area contributed by atoms with Gasteiger partial charge in [0.05, 0.1) is 11.1 Å². The van der Waals surface area contributed by atoms with Gasteiger partial charge in [-0.1, -0.05) is 0 Å². The van der Waals surface area contributed by atoms with Gasteiger partial charge in [-0.25, -0.2) is 9.37 Å². The van der Waals surface area contributed by atoms with E-state index in [0.29, 0.717) is 16.9 Å². The van der Waals surface area contributed by atoms with Gasteiger partial charge in [0.25, 0.3) is 0 Å². The van der Waals surface area contributed by atoms with E-state index in [4.69, 9.17) is 0 Å². The number of ketones is 1. The molecule has 0 atom stereocenters. The maximum atomic E-state index is 13.3. The molecule has 0 aliphatic heterocycles. The molecule has 2 rings (SSSR count). The number of nitrogens with one attached hydrogen (secondary N) is 1. The lowest BCUT2D eigenvalue weighted by Crippen LogP contribution is -1.98. The Labute approximate surface area is 80.0 Å². The largest absolute Gasteiger partial charge is 0.342 e. The van der Waals surface area contributed by atoms with Crippen molar-refractivity contribution in [2.45, 2.75) is 13.8 Å². The molecule has 0 aliphatic carbocycles. The van der Waals surface area contributed by atoms with Crippen LogP contribution in [0.2, 0.25) is 0 Å². The summed E-state index contributed by atoms with van der Waals surface area (Å²) in [5.41, 5.74) is 1.16. The molecule has 0 fully saturated rings. The summed E-state index contributed by atoms with van der Waals surface area (Å²) in [5, 5.41) is 0. The van der Waals surface area contributed by atoms with E-state index >= 15 is 0 Å². The highest BCUT2D eigenvalue weighted by Crippen LogP contribution is 2.19. The number of Topliss-reactive ketones (excluding diaryl/α,β-unsaturated/α-hetero) is 1. The number of H-pyrrole nitrogens is 1. The molecule has 0 saturated heterocycles. The number of halogens is 1. The van der Waals surface area contributed by atoms with Crippen molar-refractivity contribution in [3.8, 4) is 0 Å². The second-order valence-electron chi connectivity index (χ2n) is 3.20. The van der Waals surface area contributed by atoms with Gasteiger partial charge in [0.2, 0.25) is 0 Å². The number of hydrogen-bond donors (Lipinski definition) is 1. The number of rotatable bonds is 1. The molecule has 72 valence electrons. The minimum absolute atomic E-state index is 0.0619. The van der Waals surface area contributed by atoms with Crippen LogP contribution in [-0.4, -0.2) is 15.8 Å². The monoisotopic (exact) mass is 192 g/mol. The molecule has 0 aliphatic rings. The zero-order valence-corrected chi connectivity index (χ0v) is 7.89. The van der Waals surface area contributed by atoms with Gasteiger partial charge >= 0.3 is 0 Å². The van der Waals surface area contributed by atoms with Crippen LogP contribution in [0.5, 0.6) is 0 Å². The number of aromatic amines is 1. The molecule has 0 unspecified atom stereocenters. The van der Waals surface area contributed by atoms with Crippen molar-refractivity contribution >= 4 is 16.8 Å². The third-order valence-corrected chi connectivity index (χ3v) is 2.07. The fourth-order valence-corrected chi connectivity index (χ4v) is 1.51. The topological polar surface area (TPSA) is 45.8 Å². The Morgan fingerprint density at radius 2 is 2.21 bits per heavy atom. The predicted molar refractivity (Wildman–Crippen MR) is 50.8 cm³/mol. The second kappa shape index (κ2) is 2.90. The number of aryl methyl sites for hydroxylation is 1. The summed E-state index contributed by atoms with van der Waals surface area (Å²) in [6.45, 7) is 3.10. The molecular formula is C10H9FN2O. The number of nitrogens with zero attached hydrogens (tertiary/aromatic N) is 1. The van der Waals surface area contributed by atoms with Crippen molar-refractivity contribution < 1.29 is 9.18 Å². The highest BCUT2D eigenvalue weighted by molar-refractivity contribution is 6.05. The summed E-state index contributed by atoms with van der Waals surface area (Å²) in [6, 6.07) is 2.85. The number of carbonyl (C=O) groups is 1. The maximum Gasteiger partial charge on any atom is 0.165 e. The van der Waals surface area contributed by atoms with Crippen molar-refractivity contribution in [2.75, 3.05) is 0 Å². The van der Waals surface area contributed by atoms with E-state index in [1.165, 1.54) is 13.0 Å². The van der Waals surface area contributed by atoms with Gasteiger partial charge in [-0.2, -0.15) is 0 Å². The number of hydrogen-bond acceptors (Lipinski definition) is 2. The van der Waals surface area contributed by atoms with Crippen molar-refractivity contribution in [1.82, 2.24) is 9.97 Å². The van der Waals surface area contributed by atoms with E-state index in [1.54, 1.807) is 13.0 Å². The van der Waals surface area contributed by atoms with Crippen LogP contribution in [0.1, 0.15) is 23.1 Å². The Hall–Kier alpha value is -1.71. The van der Waals surface area contributed by atoms with Crippen molar-refractivity contribution in [3.63, 3.8) is 0 Å². The molecule has 0 saturated carbocycles. The fourth-order valence-electron chi connectivity index (χ4n) is 1.51. The molecule has 1 aromatic carbocycles. The summed E-state index contributed by atoms with van der Waals surface area (Å²) < 4.78 is 13.3. The first-order chi connectivity index (χ1) is 6.59. The van der Waals surface area contributed by atoms with Crippen LogP contribution >= 0.6 is 0 Å². The van der Waals surface area contributed by atoms with Gasteiger partial charge in [-0.15, -0.1) is 0 Å². The van der Waals surface area contributed by atoms with E-state index < -0.39 is 5.82 Å². The number of carbonyl (C=O) groups excluding carboxylic acids is 1. The zero-order chi connectivity index (χ0) is 10.3. The molecule has 0 radical (unpaired) electrons. The van der Waals surface area contributed by atoms with E-state index in [1.807, 2.05) is 0 Å². The summed E-state index contributed by atoms with van der Waals surface area (Å²) in [5.74, 6) is -0.149. The third-order valence-electron chi connectivity index (χ3n) is 2.07. The smallest absolute Gasteiger partial charge is 0.165 e. The minimum atomic E-state index is -0.517. The lowest BCUT2D eigenvalue weighted by atomic mass is 10.1. The normalized spacial score (nSPS) is 10.8. The molecule has 3 nitrogen and oxygen atoms in total. The molecule has 1 aromatic heterocycles. The fraction of sp³-hybridized carbons (Fsp3) is 0.200. The highest BCUT2D eigenvalue weighted by atomic mass is 19.1. The number of fused-ring (bicyclic) bond motifs is 1. The summed E-state index contributed by atoms with van der Waals surface area (Å²) in [4.78, 5) is 18.2. The van der Waals surface area contributed by atoms with E-state index in [9.17, 15) is 9.18 Å². The zero-order valence-electron chi connectivity index (χ0n) is 7.89. The Balaban J connectivity index is 2.88. The van der Waals surface area contributed by atoms with Crippen LogP contribution in [-0.2, 0) is 0 Å². The van der Waals surface area contributed by atoms with Crippen LogP contribution in [0.4, 0.5) is 4.39 Å². The van der Waals surface area contributed by atoms with E-state index in [0.717, 1.165) is 0 Å². The van der Waals surface area contributed by atoms with Crippen molar-refractivity contribution in [2.24, 2.45) is 0 Å². The Morgan fingerprint density at radius 3 is 2.86 bits per heavy atom. The molecule has 2 aromatic rings. The minimum Gasteiger partial charge on any atom is -0.342 e. The molecule has 0 spiro atoms. The highest BCUT2D eigenvalue weighted by Gasteiger charge is 2.14. The van der Waals surface area contributed by atoms with Crippen LogP contribution in [0.25, 0.3) is 11.0 Å². The van der Waals surface area contributed by atoms with Gasteiger partial charge in [0.1, 0.15) is 17.2 Å². The Bertz CT molecular complexity index is 516. The predicted octanol–water partition coefficient (Wildman–Crippen LogP) is 2.21. The number of benzene rings is 1. The lowest BCUT2D eigenvalue weighted by molar-refractivity contribution is 0.101. The standard InChI is InChI=1S/C10H9FN2O/c1-5(14)9-7(11)3-4-8-10(9)13-6(2)12-8/h3-4H,1-2H3,(H,12,13). The van der Waals surface area contributed by atoms with Crippen LogP contribution in [0.15, 0.2) is 12.1 Å². The van der Waals surface area contributed by atoms with Gasteiger partial charge in [0.15, 0.2) is 5.78 Å². The summed E-state index contributed by atoms with van der Waals surface area (Å²) >= 11 is 0. The molecule has 0 amide bonds. The summed E-state index contributed by atoms with van der Waals surface area (Å²) in [7, 11) is 0. The van der Waals surface area contributed by atoms with Gasteiger partial charge in [0, 0.05) is 0 Å². The van der Waals surface area contributed by atoms with E-state index in [2.05, 4.69) is 9.97 Å². The molecule has 4 heteroatoms. The Kier molecular flexibility index (Phi) is 1.84. The van der Waals surface area contributed by atoms with Crippen molar-refractivity contribution in [3.05, 3.63) is 29.3 Å². The van der Waals surface area contributed by atoms with Gasteiger partial charge in [-0.3, -0.25) is 4.79 Å². The molecule has 1 heterocycles. The van der Waals surface area contributed by atoms with Gasteiger partial charge in [-0.05, 0) is 26.0 Å². The average molecular weight is 192 g/mol. The van der Waals surface area contributed by atoms with Crippen LogP contribution in [0.3, 0.4) is 0 Å². The van der Waals surface area contributed by atoms with Crippen LogP contribution in [0, 0.1) is 12.7 Å². The second-order valence-corrected chi connectivity index (χ2v) is 3.20. The number of aromatic nitrogens is 2. The van der Waals surface area contributed by atoms with E-state index in [-0.39, 0.29) is 11.3 Å². The molecular weight excluding hydrogens is 183 g/mol.